The second kappa shape index (κ2) is 6.69. The molecule has 0 unspecified atom stereocenters. The molecule has 0 fully saturated rings. The van der Waals surface area contributed by atoms with Crippen LogP contribution in [0.25, 0.3) is 0 Å². The van der Waals surface area contributed by atoms with E-state index in [1.54, 1.807) is 30.3 Å². The lowest BCUT2D eigenvalue weighted by Gasteiger charge is -2.10. The molecule has 0 spiro atoms. The third kappa shape index (κ3) is 3.81. The molecular weight excluding hydrogens is 274 g/mol. The first kappa shape index (κ1) is 14.0. The van der Waals surface area contributed by atoms with Gasteiger partial charge in [0.25, 0.3) is 0 Å². The number of nitrogens with zero attached hydrogens (tertiary/aromatic N) is 1. The average Bonchev–Trinajstić information content (AvgIpc) is 2.44. The number of nitriles is 1. The van der Waals surface area contributed by atoms with E-state index in [0.717, 1.165) is 5.75 Å². The van der Waals surface area contributed by atoms with Gasteiger partial charge >= 0.3 is 0 Å². The number of rotatable bonds is 5. The molecule has 3 N–H and O–H groups in total. The summed E-state index contributed by atoms with van der Waals surface area (Å²) in [7, 11) is 0. The summed E-state index contributed by atoms with van der Waals surface area (Å²) < 4.78 is 5.55. The second-order valence-corrected chi connectivity index (χ2v) is 4.59. The van der Waals surface area contributed by atoms with E-state index in [9.17, 15) is 0 Å². The molecule has 2 aromatic rings. The Hall–Kier alpha value is -2.38. The summed E-state index contributed by atoms with van der Waals surface area (Å²) in [4.78, 5) is 0. The molecule has 2 rings (SSSR count). The molecular formula is C15H14ClN3O. The number of ether oxygens (including phenoxy) is 1. The van der Waals surface area contributed by atoms with E-state index >= 15 is 0 Å². The van der Waals surface area contributed by atoms with Gasteiger partial charge in [0.15, 0.2) is 0 Å². The van der Waals surface area contributed by atoms with Crippen LogP contribution >= 0.6 is 11.6 Å². The number of benzene rings is 2. The Balaban J connectivity index is 1.87. The van der Waals surface area contributed by atoms with E-state index in [0.29, 0.717) is 35.1 Å². The molecule has 0 bridgehead atoms. The number of nitrogen functional groups attached to an aromatic ring is 1. The molecule has 20 heavy (non-hydrogen) atoms. The Morgan fingerprint density at radius 2 is 2.10 bits per heavy atom. The van der Waals surface area contributed by atoms with Crippen molar-refractivity contribution in [2.24, 2.45) is 0 Å². The lowest BCUT2D eigenvalue weighted by molar-refractivity contribution is 0.333. The van der Waals surface area contributed by atoms with Gasteiger partial charge in [-0.2, -0.15) is 5.26 Å². The fourth-order valence-electron chi connectivity index (χ4n) is 1.72. The first-order chi connectivity index (χ1) is 9.69. The van der Waals surface area contributed by atoms with Crippen molar-refractivity contribution in [2.45, 2.75) is 0 Å². The largest absolute Gasteiger partial charge is 0.492 e. The van der Waals surface area contributed by atoms with Crippen LogP contribution in [0.3, 0.4) is 0 Å². The molecule has 0 atom stereocenters. The van der Waals surface area contributed by atoms with E-state index in [1.807, 2.05) is 12.1 Å². The van der Waals surface area contributed by atoms with Gasteiger partial charge in [0, 0.05) is 23.3 Å². The van der Waals surface area contributed by atoms with E-state index in [-0.39, 0.29) is 0 Å². The summed E-state index contributed by atoms with van der Waals surface area (Å²) in [6, 6.07) is 14.5. The minimum atomic E-state index is 0.459. The topological polar surface area (TPSA) is 71.1 Å². The van der Waals surface area contributed by atoms with Gasteiger partial charge in [-0.3, -0.25) is 0 Å². The SMILES string of the molecule is N#Cc1ccc(Cl)cc1NCCOc1cccc(N)c1. The van der Waals surface area contributed by atoms with Gasteiger partial charge < -0.3 is 15.8 Å². The van der Waals surface area contributed by atoms with Crippen LogP contribution in [-0.2, 0) is 0 Å². The zero-order valence-electron chi connectivity index (χ0n) is 10.8. The number of hydrogen-bond donors (Lipinski definition) is 2. The lowest BCUT2D eigenvalue weighted by Crippen LogP contribution is -2.12. The van der Waals surface area contributed by atoms with Gasteiger partial charge in [-0.15, -0.1) is 0 Å². The zero-order chi connectivity index (χ0) is 14.4. The standard InChI is InChI=1S/C15H14ClN3O/c16-12-5-4-11(10-17)15(8-12)19-6-7-20-14-3-1-2-13(18)9-14/h1-5,8-9,19H,6-7,18H2. The summed E-state index contributed by atoms with van der Waals surface area (Å²) in [5, 5.41) is 12.7. The lowest BCUT2D eigenvalue weighted by atomic mass is 10.2. The van der Waals surface area contributed by atoms with Crippen LogP contribution in [0.5, 0.6) is 5.75 Å². The molecule has 4 nitrogen and oxygen atoms in total. The van der Waals surface area contributed by atoms with Crippen molar-refractivity contribution in [3.63, 3.8) is 0 Å². The molecule has 0 amide bonds. The van der Waals surface area contributed by atoms with Gasteiger partial charge in [-0.25, -0.2) is 0 Å². The summed E-state index contributed by atoms with van der Waals surface area (Å²) in [5.74, 6) is 0.721. The highest BCUT2D eigenvalue weighted by Crippen LogP contribution is 2.20. The predicted octanol–water partition coefficient (Wildman–Crippen LogP) is 3.28. The van der Waals surface area contributed by atoms with E-state index < -0.39 is 0 Å². The number of nitrogens with one attached hydrogen (secondary N) is 1. The fourth-order valence-corrected chi connectivity index (χ4v) is 1.89. The van der Waals surface area contributed by atoms with Crippen LogP contribution in [0.1, 0.15) is 5.56 Å². The predicted molar refractivity (Wildman–Crippen MR) is 81.0 cm³/mol. The normalized spacial score (nSPS) is 9.80. The van der Waals surface area contributed by atoms with Crippen LogP contribution in [0.15, 0.2) is 42.5 Å². The molecule has 0 heterocycles. The molecule has 0 aromatic heterocycles. The minimum Gasteiger partial charge on any atom is -0.492 e. The summed E-state index contributed by atoms with van der Waals surface area (Å²) in [6.45, 7) is 1.02. The Kier molecular flexibility index (Phi) is 4.70. The Bertz CT molecular complexity index is 637. The summed E-state index contributed by atoms with van der Waals surface area (Å²) in [6.07, 6.45) is 0. The Labute approximate surface area is 122 Å². The van der Waals surface area contributed by atoms with Crippen molar-refractivity contribution < 1.29 is 4.74 Å². The molecule has 0 saturated heterocycles. The highest BCUT2D eigenvalue weighted by Gasteiger charge is 2.02. The average molecular weight is 288 g/mol. The van der Waals surface area contributed by atoms with Crippen molar-refractivity contribution in [1.29, 1.82) is 5.26 Å². The van der Waals surface area contributed by atoms with E-state index in [1.165, 1.54) is 0 Å². The minimum absolute atomic E-state index is 0.459. The monoisotopic (exact) mass is 287 g/mol. The van der Waals surface area contributed by atoms with Crippen molar-refractivity contribution >= 4 is 23.0 Å². The summed E-state index contributed by atoms with van der Waals surface area (Å²) >= 11 is 5.91. The number of anilines is 2. The van der Waals surface area contributed by atoms with Crippen LogP contribution in [0, 0.1) is 11.3 Å². The fraction of sp³-hybridized carbons (Fsp3) is 0.133. The van der Waals surface area contributed by atoms with Crippen LogP contribution < -0.4 is 15.8 Å². The molecule has 2 aromatic carbocycles. The second-order valence-electron chi connectivity index (χ2n) is 4.15. The van der Waals surface area contributed by atoms with Crippen LogP contribution in [0.2, 0.25) is 5.02 Å². The van der Waals surface area contributed by atoms with Gasteiger partial charge in [0.05, 0.1) is 11.3 Å². The molecule has 102 valence electrons. The van der Waals surface area contributed by atoms with Gasteiger partial charge in [-0.05, 0) is 30.3 Å². The summed E-state index contributed by atoms with van der Waals surface area (Å²) in [5.41, 5.74) is 7.58. The van der Waals surface area contributed by atoms with E-state index in [2.05, 4.69) is 11.4 Å². The molecule has 0 aliphatic heterocycles. The maximum Gasteiger partial charge on any atom is 0.121 e. The Morgan fingerprint density at radius 1 is 1.25 bits per heavy atom. The Morgan fingerprint density at radius 3 is 2.85 bits per heavy atom. The number of halogens is 1. The van der Waals surface area contributed by atoms with Gasteiger partial charge in [0.2, 0.25) is 0 Å². The van der Waals surface area contributed by atoms with Crippen LogP contribution in [-0.4, -0.2) is 13.2 Å². The quantitative estimate of drug-likeness (QED) is 0.654. The zero-order valence-corrected chi connectivity index (χ0v) is 11.5. The van der Waals surface area contributed by atoms with Gasteiger partial charge in [0.1, 0.15) is 18.4 Å². The maximum atomic E-state index is 9.00. The smallest absolute Gasteiger partial charge is 0.121 e. The molecule has 5 heteroatoms. The molecule has 0 radical (unpaired) electrons. The third-order valence-corrected chi connectivity index (χ3v) is 2.88. The first-order valence-electron chi connectivity index (χ1n) is 6.11. The highest BCUT2D eigenvalue weighted by molar-refractivity contribution is 6.30. The maximum absolute atomic E-state index is 9.00. The number of nitrogens with two attached hydrogens (primary N) is 1. The van der Waals surface area contributed by atoms with Crippen molar-refractivity contribution in [1.82, 2.24) is 0 Å². The van der Waals surface area contributed by atoms with E-state index in [4.69, 9.17) is 27.3 Å². The molecule has 0 aliphatic carbocycles. The molecule has 0 saturated carbocycles. The van der Waals surface area contributed by atoms with Crippen molar-refractivity contribution in [3.05, 3.63) is 53.1 Å². The van der Waals surface area contributed by atoms with Crippen molar-refractivity contribution in [3.8, 4) is 11.8 Å². The molecule has 0 aliphatic rings. The number of hydrogen-bond acceptors (Lipinski definition) is 4. The van der Waals surface area contributed by atoms with Crippen LogP contribution in [0.4, 0.5) is 11.4 Å². The third-order valence-electron chi connectivity index (χ3n) is 2.65. The van der Waals surface area contributed by atoms with Crippen molar-refractivity contribution in [2.75, 3.05) is 24.2 Å². The first-order valence-corrected chi connectivity index (χ1v) is 6.48. The highest BCUT2D eigenvalue weighted by atomic mass is 35.5. The van der Waals surface area contributed by atoms with Gasteiger partial charge in [-0.1, -0.05) is 17.7 Å².